The summed E-state index contributed by atoms with van der Waals surface area (Å²) in [5, 5.41) is 8.94. The minimum absolute atomic E-state index is 0.249. The minimum atomic E-state index is 0.249. The van der Waals surface area contributed by atoms with Crippen molar-refractivity contribution in [3.63, 3.8) is 0 Å². The van der Waals surface area contributed by atoms with Crippen molar-refractivity contribution in [3.05, 3.63) is 54.7 Å². The van der Waals surface area contributed by atoms with Gasteiger partial charge in [-0.15, -0.1) is 0 Å². The van der Waals surface area contributed by atoms with Crippen LogP contribution in [0.15, 0.2) is 54.7 Å². The normalized spacial score (nSPS) is 15.4. The second kappa shape index (κ2) is 7.46. The molecular weight excluding hydrogens is 392 g/mol. The van der Waals surface area contributed by atoms with Crippen LogP contribution >= 0.6 is 0 Å². The first-order valence-electron chi connectivity index (χ1n) is 10.6. The predicted molar refractivity (Wildman–Crippen MR) is 119 cm³/mol. The molecule has 0 unspecified atom stereocenters. The standard InChI is InChI=1S/C23H22N6O2/c1-3-7-17(8-4-1)29-22-18(14-24-29)21(26-23(27-22)28-11-5-2-6-12-28)25-16-9-10-19-20(13-16)31-15-30-19/h1,3-4,7-10,13-14H,2,5-6,11-12,15H2,(H,25,26,27). The average molecular weight is 414 g/mol. The number of rotatable bonds is 4. The average Bonchev–Trinajstić information content (AvgIpc) is 3.47. The third kappa shape index (κ3) is 3.30. The molecule has 156 valence electrons. The van der Waals surface area contributed by atoms with Crippen LogP contribution < -0.4 is 19.7 Å². The lowest BCUT2D eigenvalue weighted by Crippen LogP contribution is -2.31. The van der Waals surface area contributed by atoms with Gasteiger partial charge in [0.1, 0.15) is 5.82 Å². The van der Waals surface area contributed by atoms with Gasteiger partial charge in [0.05, 0.1) is 17.3 Å². The Balaban J connectivity index is 1.46. The summed E-state index contributed by atoms with van der Waals surface area (Å²) in [5.41, 5.74) is 2.63. The monoisotopic (exact) mass is 414 g/mol. The predicted octanol–water partition coefficient (Wildman–Crippen LogP) is 4.28. The zero-order chi connectivity index (χ0) is 20.6. The van der Waals surface area contributed by atoms with Gasteiger partial charge in [0.2, 0.25) is 12.7 Å². The van der Waals surface area contributed by atoms with E-state index in [2.05, 4.69) is 15.3 Å². The van der Waals surface area contributed by atoms with Crippen LogP contribution in [0.5, 0.6) is 11.5 Å². The molecule has 1 fully saturated rings. The first-order chi connectivity index (χ1) is 15.3. The number of anilines is 3. The lowest BCUT2D eigenvalue weighted by Gasteiger charge is -2.27. The molecule has 4 aromatic rings. The molecule has 0 bridgehead atoms. The van der Waals surface area contributed by atoms with Crippen molar-refractivity contribution in [2.75, 3.05) is 30.1 Å². The number of fused-ring (bicyclic) bond motifs is 2. The third-order valence-electron chi connectivity index (χ3n) is 5.69. The van der Waals surface area contributed by atoms with Crippen LogP contribution in [-0.4, -0.2) is 39.6 Å². The Labute approximate surface area is 179 Å². The number of aromatic nitrogens is 4. The largest absolute Gasteiger partial charge is 0.454 e. The van der Waals surface area contributed by atoms with Crippen LogP contribution in [0.2, 0.25) is 0 Å². The zero-order valence-corrected chi connectivity index (χ0v) is 17.0. The summed E-state index contributed by atoms with van der Waals surface area (Å²) < 4.78 is 12.8. The summed E-state index contributed by atoms with van der Waals surface area (Å²) in [4.78, 5) is 12.1. The number of para-hydroxylation sites is 1. The molecule has 4 heterocycles. The highest BCUT2D eigenvalue weighted by Gasteiger charge is 2.20. The summed E-state index contributed by atoms with van der Waals surface area (Å²) in [7, 11) is 0. The smallest absolute Gasteiger partial charge is 0.231 e. The van der Waals surface area contributed by atoms with E-state index in [0.29, 0.717) is 0 Å². The van der Waals surface area contributed by atoms with Gasteiger partial charge in [0, 0.05) is 24.8 Å². The molecule has 2 aromatic heterocycles. The van der Waals surface area contributed by atoms with E-state index >= 15 is 0 Å². The second-order valence-corrected chi connectivity index (χ2v) is 7.74. The maximum Gasteiger partial charge on any atom is 0.231 e. The van der Waals surface area contributed by atoms with Gasteiger partial charge in [0.15, 0.2) is 17.1 Å². The van der Waals surface area contributed by atoms with Crippen molar-refractivity contribution < 1.29 is 9.47 Å². The first kappa shape index (κ1) is 18.0. The number of ether oxygens (including phenoxy) is 2. The molecular formula is C23H22N6O2. The lowest BCUT2D eigenvalue weighted by atomic mass is 10.1. The molecule has 0 amide bonds. The molecule has 2 aliphatic heterocycles. The fraction of sp³-hybridized carbons (Fsp3) is 0.261. The van der Waals surface area contributed by atoms with Gasteiger partial charge in [-0.3, -0.25) is 0 Å². The highest BCUT2D eigenvalue weighted by atomic mass is 16.7. The van der Waals surface area contributed by atoms with Gasteiger partial charge in [-0.1, -0.05) is 18.2 Å². The number of hydrogen-bond donors (Lipinski definition) is 1. The Bertz CT molecular complexity index is 1230. The molecule has 8 heteroatoms. The first-order valence-corrected chi connectivity index (χ1v) is 10.6. The number of nitrogens with one attached hydrogen (secondary N) is 1. The van der Waals surface area contributed by atoms with Crippen molar-refractivity contribution in [1.82, 2.24) is 19.7 Å². The van der Waals surface area contributed by atoms with Gasteiger partial charge in [0.25, 0.3) is 0 Å². The molecule has 1 N–H and O–H groups in total. The van der Waals surface area contributed by atoms with Crippen molar-refractivity contribution >= 4 is 28.5 Å². The maximum absolute atomic E-state index is 5.53. The fourth-order valence-corrected chi connectivity index (χ4v) is 4.10. The fourth-order valence-electron chi connectivity index (χ4n) is 4.10. The maximum atomic E-state index is 5.53. The molecule has 0 radical (unpaired) electrons. The van der Waals surface area contributed by atoms with E-state index in [1.54, 1.807) is 0 Å². The van der Waals surface area contributed by atoms with Crippen molar-refractivity contribution in [3.8, 4) is 17.2 Å². The number of nitrogens with zero attached hydrogens (tertiary/aromatic N) is 5. The van der Waals surface area contributed by atoms with E-state index in [1.165, 1.54) is 6.42 Å². The number of benzene rings is 2. The van der Waals surface area contributed by atoms with E-state index < -0.39 is 0 Å². The SMILES string of the molecule is c1ccc(-n2ncc3c(Nc4ccc5c(c4)OCO5)nc(N4CCCCC4)nc32)cc1. The molecule has 31 heavy (non-hydrogen) atoms. The van der Waals surface area contributed by atoms with E-state index in [9.17, 15) is 0 Å². The molecule has 0 spiro atoms. The molecule has 2 aliphatic rings. The molecule has 0 aliphatic carbocycles. The summed E-state index contributed by atoms with van der Waals surface area (Å²) in [6.07, 6.45) is 5.38. The number of hydrogen-bond acceptors (Lipinski definition) is 7. The van der Waals surface area contributed by atoms with Gasteiger partial charge in [-0.25, -0.2) is 4.68 Å². The summed E-state index contributed by atoms with van der Waals surface area (Å²) >= 11 is 0. The Kier molecular flexibility index (Phi) is 4.33. The Morgan fingerprint density at radius 1 is 0.871 bits per heavy atom. The molecule has 6 rings (SSSR count). The summed E-state index contributed by atoms with van der Waals surface area (Å²) in [5.74, 6) is 2.94. The molecule has 0 atom stereocenters. The van der Waals surface area contributed by atoms with Crippen LogP contribution in [0.25, 0.3) is 16.7 Å². The van der Waals surface area contributed by atoms with Gasteiger partial charge >= 0.3 is 0 Å². The van der Waals surface area contributed by atoms with Crippen molar-refractivity contribution in [2.24, 2.45) is 0 Å². The molecule has 0 saturated carbocycles. The van der Waals surface area contributed by atoms with Crippen LogP contribution in [0.4, 0.5) is 17.5 Å². The van der Waals surface area contributed by atoms with Crippen molar-refractivity contribution in [1.29, 1.82) is 0 Å². The summed E-state index contributed by atoms with van der Waals surface area (Å²) in [6, 6.07) is 15.9. The van der Waals surface area contributed by atoms with Crippen molar-refractivity contribution in [2.45, 2.75) is 19.3 Å². The van der Waals surface area contributed by atoms with Crippen LogP contribution in [-0.2, 0) is 0 Å². The van der Waals surface area contributed by atoms with E-state index in [0.717, 1.165) is 71.6 Å². The minimum Gasteiger partial charge on any atom is -0.454 e. The van der Waals surface area contributed by atoms with Gasteiger partial charge < -0.3 is 19.7 Å². The van der Waals surface area contributed by atoms with Crippen LogP contribution in [0.1, 0.15) is 19.3 Å². The highest BCUT2D eigenvalue weighted by Crippen LogP contribution is 2.36. The summed E-state index contributed by atoms with van der Waals surface area (Å²) in [6.45, 7) is 2.18. The Morgan fingerprint density at radius 2 is 1.71 bits per heavy atom. The Hall–Kier alpha value is -3.81. The van der Waals surface area contributed by atoms with Crippen LogP contribution in [0.3, 0.4) is 0 Å². The quantitative estimate of drug-likeness (QED) is 0.534. The van der Waals surface area contributed by atoms with E-state index in [-0.39, 0.29) is 6.79 Å². The van der Waals surface area contributed by atoms with Gasteiger partial charge in [-0.2, -0.15) is 15.1 Å². The van der Waals surface area contributed by atoms with E-state index in [4.69, 9.17) is 19.4 Å². The third-order valence-corrected chi connectivity index (χ3v) is 5.69. The highest BCUT2D eigenvalue weighted by molar-refractivity contribution is 5.90. The topological polar surface area (TPSA) is 77.3 Å². The Morgan fingerprint density at radius 3 is 2.58 bits per heavy atom. The zero-order valence-electron chi connectivity index (χ0n) is 17.0. The van der Waals surface area contributed by atoms with Gasteiger partial charge in [-0.05, 0) is 43.5 Å². The lowest BCUT2D eigenvalue weighted by molar-refractivity contribution is 0.174. The molecule has 1 saturated heterocycles. The van der Waals surface area contributed by atoms with Crippen LogP contribution in [0, 0.1) is 0 Å². The molecule has 8 nitrogen and oxygen atoms in total. The second-order valence-electron chi connectivity index (χ2n) is 7.74. The number of piperidine rings is 1. The molecule has 2 aromatic carbocycles. The van der Waals surface area contributed by atoms with E-state index in [1.807, 2.05) is 59.4 Å².